The van der Waals surface area contributed by atoms with Crippen molar-refractivity contribution in [3.05, 3.63) is 29.8 Å². The molecule has 0 aliphatic carbocycles. The van der Waals surface area contributed by atoms with Gasteiger partial charge in [0, 0.05) is 0 Å². The van der Waals surface area contributed by atoms with E-state index in [1.165, 1.54) is 0 Å². The smallest absolute Gasteiger partial charge is 0.313 e. The van der Waals surface area contributed by atoms with Crippen LogP contribution in [0.2, 0.25) is 0 Å². The zero-order chi connectivity index (χ0) is 17.0. The van der Waals surface area contributed by atoms with E-state index in [0.29, 0.717) is 11.3 Å². The number of fused-ring (bicyclic) bond motifs is 1. The standard InChI is InChI=1S/C17H17NO5/c1-3-22-15(20)8-13(19)10(2)17-12(9-18)16(21)11-6-4-5-7-14(11)23-17/h4-7,10,12,17H,3,8H2,1-2H3. The van der Waals surface area contributed by atoms with Gasteiger partial charge in [-0.1, -0.05) is 19.1 Å². The molecule has 120 valence electrons. The number of Topliss-reactive ketones (excluding diaryl/α,β-unsaturated/α-hetero) is 2. The molecule has 0 bridgehead atoms. The third-order valence-electron chi connectivity index (χ3n) is 3.79. The first-order chi connectivity index (χ1) is 11.0. The molecule has 1 aliphatic heterocycles. The fraction of sp³-hybridized carbons (Fsp3) is 0.412. The Morgan fingerprint density at radius 3 is 2.74 bits per heavy atom. The van der Waals surface area contributed by atoms with Gasteiger partial charge in [-0.15, -0.1) is 0 Å². The van der Waals surface area contributed by atoms with Gasteiger partial charge in [0.2, 0.25) is 0 Å². The molecule has 0 N–H and O–H groups in total. The van der Waals surface area contributed by atoms with E-state index in [-0.39, 0.29) is 12.4 Å². The summed E-state index contributed by atoms with van der Waals surface area (Å²) in [7, 11) is 0. The van der Waals surface area contributed by atoms with Crippen LogP contribution in [-0.4, -0.2) is 30.2 Å². The van der Waals surface area contributed by atoms with Gasteiger partial charge in [-0.2, -0.15) is 5.26 Å². The van der Waals surface area contributed by atoms with Crippen molar-refractivity contribution in [3.63, 3.8) is 0 Å². The fourth-order valence-corrected chi connectivity index (χ4v) is 2.53. The maximum Gasteiger partial charge on any atom is 0.313 e. The molecule has 2 rings (SSSR count). The summed E-state index contributed by atoms with van der Waals surface area (Å²) < 4.78 is 10.5. The van der Waals surface area contributed by atoms with E-state index in [4.69, 9.17) is 9.47 Å². The lowest BCUT2D eigenvalue weighted by molar-refractivity contribution is -0.146. The largest absolute Gasteiger partial charge is 0.487 e. The molecule has 1 aromatic rings. The Balaban J connectivity index is 2.21. The number of nitrogens with zero attached hydrogens (tertiary/aromatic N) is 1. The fourth-order valence-electron chi connectivity index (χ4n) is 2.53. The lowest BCUT2D eigenvalue weighted by atomic mass is 9.82. The van der Waals surface area contributed by atoms with Crippen LogP contribution in [-0.2, 0) is 14.3 Å². The number of hydrogen-bond acceptors (Lipinski definition) is 6. The van der Waals surface area contributed by atoms with Gasteiger partial charge < -0.3 is 9.47 Å². The summed E-state index contributed by atoms with van der Waals surface area (Å²) in [5.74, 6) is -2.91. The number of ether oxygens (including phenoxy) is 2. The predicted molar refractivity (Wildman–Crippen MR) is 79.7 cm³/mol. The van der Waals surface area contributed by atoms with Gasteiger partial charge >= 0.3 is 5.97 Å². The Bertz CT molecular complexity index is 676. The molecular weight excluding hydrogens is 298 g/mol. The number of nitriles is 1. The Kier molecular flexibility index (Phi) is 5.12. The average Bonchev–Trinajstić information content (AvgIpc) is 2.54. The van der Waals surface area contributed by atoms with Crippen LogP contribution in [0.4, 0.5) is 0 Å². The molecule has 23 heavy (non-hydrogen) atoms. The minimum atomic E-state index is -1.08. The minimum Gasteiger partial charge on any atom is -0.487 e. The number of benzene rings is 1. The van der Waals surface area contributed by atoms with Crippen LogP contribution in [0, 0.1) is 23.2 Å². The number of carbonyl (C=O) groups excluding carboxylic acids is 3. The van der Waals surface area contributed by atoms with Crippen molar-refractivity contribution >= 4 is 17.5 Å². The lowest BCUT2D eigenvalue weighted by Gasteiger charge is -2.32. The van der Waals surface area contributed by atoms with E-state index >= 15 is 0 Å². The van der Waals surface area contributed by atoms with Crippen LogP contribution >= 0.6 is 0 Å². The van der Waals surface area contributed by atoms with Gasteiger partial charge in [-0.05, 0) is 19.1 Å². The molecule has 0 aromatic heterocycles. The van der Waals surface area contributed by atoms with Crippen molar-refractivity contribution < 1.29 is 23.9 Å². The minimum absolute atomic E-state index is 0.188. The molecule has 0 radical (unpaired) electrons. The average molecular weight is 315 g/mol. The molecule has 0 fully saturated rings. The third kappa shape index (κ3) is 3.39. The summed E-state index contributed by atoms with van der Waals surface area (Å²) in [5.41, 5.74) is 0.334. The van der Waals surface area contributed by atoms with Crippen LogP contribution in [0.3, 0.4) is 0 Å². The molecule has 1 aliphatic rings. The van der Waals surface area contributed by atoms with Crippen LogP contribution in [0.1, 0.15) is 30.6 Å². The number of carbonyl (C=O) groups is 3. The van der Waals surface area contributed by atoms with Gasteiger partial charge in [0.25, 0.3) is 0 Å². The summed E-state index contributed by atoms with van der Waals surface area (Å²) in [4.78, 5) is 36.0. The van der Waals surface area contributed by atoms with Gasteiger partial charge in [0.15, 0.2) is 11.6 Å². The number of esters is 1. The summed E-state index contributed by atoms with van der Waals surface area (Å²) in [5, 5.41) is 9.30. The van der Waals surface area contributed by atoms with E-state index in [9.17, 15) is 19.6 Å². The summed E-state index contributed by atoms with van der Waals surface area (Å²) in [6.45, 7) is 3.39. The lowest BCUT2D eigenvalue weighted by Crippen LogP contribution is -2.44. The first-order valence-electron chi connectivity index (χ1n) is 7.37. The highest BCUT2D eigenvalue weighted by atomic mass is 16.5. The van der Waals surface area contributed by atoms with Crippen molar-refractivity contribution in [3.8, 4) is 11.8 Å². The second-order valence-corrected chi connectivity index (χ2v) is 5.29. The normalized spacial score (nSPS) is 20.7. The second-order valence-electron chi connectivity index (χ2n) is 5.29. The molecule has 3 atom stereocenters. The molecule has 3 unspecified atom stereocenters. The van der Waals surface area contributed by atoms with Crippen molar-refractivity contribution in [1.82, 2.24) is 0 Å². The van der Waals surface area contributed by atoms with Crippen LogP contribution < -0.4 is 4.74 Å². The Morgan fingerprint density at radius 1 is 1.39 bits per heavy atom. The van der Waals surface area contributed by atoms with Gasteiger partial charge in [0.05, 0.1) is 24.2 Å². The summed E-state index contributed by atoms with van der Waals surface area (Å²) in [6.07, 6.45) is -1.31. The van der Waals surface area contributed by atoms with Crippen molar-refractivity contribution in [2.75, 3.05) is 6.61 Å². The molecule has 1 aromatic carbocycles. The van der Waals surface area contributed by atoms with Crippen LogP contribution in [0.25, 0.3) is 0 Å². The molecule has 6 heteroatoms. The van der Waals surface area contributed by atoms with E-state index in [1.54, 1.807) is 38.1 Å². The molecule has 0 saturated heterocycles. The highest BCUT2D eigenvalue weighted by Gasteiger charge is 2.42. The Labute approximate surface area is 134 Å². The Morgan fingerprint density at radius 2 is 2.09 bits per heavy atom. The zero-order valence-electron chi connectivity index (χ0n) is 12.9. The number of rotatable bonds is 5. The quantitative estimate of drug-likeness (QED) is 0.609. The third-order valence-corrected chi connectivity index (χ3v) is 3.79. The molecule has 0 spiro atoms. The molecular formula is C17H17NO5. The van der Waals surface area contributed by atoms with Crippen molar-refractivity contribution in [2.45, 2.75) is 26.4 Å². The van der Waals surface area contributed by atoms with Gasteiger partial charge in [-0.25, -0.2) is 0 Å². The first kappa shape index (κ1) is 16.7. The van der Waals surface area contributed by atoms with Crippen LogP contribution in [0.5, 0.6) is 5.75 Å². The van der Waals surface area contributed by atoms with Gasteiger partial charge in [-0.3, -0.25) is 14.4 Å². The van der Waals surface area contributed by atoms with E-state index in [1.807, 2.05) is 6.07 Å². The zero-order valence-corrected chi connectivity index (χ0v) is 12.9. The number of hydrogen-bond donors (Lipinski definition) is 0. The van der Waals surface area contributed by atoms with Gasteiger partial charge in [0.1, 0.15) is 24.2 Å². The Hall–Kier alpha value is -2.68. The molecule has 0 amide bonds. The molecule has 6 nitrogen and oxygen atoms in total. The SMILES string of the molecule is CCOC(=O)CC(=O)C(C)C1Oc2ccccc2C(=O)C1C#N. The maximum atomic E-state index is 12.4. The number of ketones is 2. The van der Waals surface area contributed by atoms with Crippen LogP contribution in [0.15, 0.2) is 24.3 Å². The molecule has 0 saturated carbocycles. The monoisotopic (exact) mass is 315 g/mol. The van der Waals surface area contributed by atoms with Crippen molar-refractivity contribution in [1.29, 1.82) is 5.26 Å². The molecule has 1 heterocycles. The second kappa shape index (κ2) is 7.05. The summed E-state index contributed by atoms with van der Waals surface area (Å²) >= 11 is 0. The van der Waals surface area contributed by atoms with E-state index < -0.39 is 36.1 Å². The predicted octanol–water partition coefficient (Wildman–Crippen LogP) is 1.93. The maximum absolute atomic E-state index is 12.4. The first-order valence-corrected chi connectivity index (χ1v) is 7.37. The van der Waals surface area contributed by atoms with E-state index in [2.05, 4.69) is 0 Å². The highest BCUT2D eigenvalue weighted by molar-refractivity contribution is 6.04. The highest BCUT2D eigenvalue weighted by Crippen LogP contribution is 2.34. The number of para-hydroxylation sites is 1. The van der Waals surface area contributed by atoms with Crippen molar-refractivity contribution in [2.24, 2.45) is 11.8 Å². The summed E-state index contributed by atoms with van der Waals surface area (Å²) in [6, 6.07) is 8.52. The topological polar surface area (TPSA) is 93.5 Å². The van der Waals surface area contributed by atoms with E-state index in [0.717, 1.165) is 0 Å².